The average molecular weight is 523 g/mol. The Kier molecular flexibility index (Phi) is 7.08. The van der Waals surface area contributed by atoms with E-state index >= 15 is 0 Å². The monoisotopic (exact) mass is 522 g/mol. The Balaban J connectivity index is 1.61. The van der Waals surface area contributed by atoms with Crippen LogP contribution in [0, 0.1) is 26.6 Å². The zero-order valence-corrected chi connectivity index (χ0v) is 22.0. The van der Waals surface area contributed by atoms with Crippen molar-refractivity contribution in [3.63, 3.8) is 0 Å². The molecule has 0 atom stereocenters. The molecule has 0 saturated carbocycles. The van der Waals surface area contributed by atoms with Gasteiger partial charge >= 0.3 is 0 Å². The van der Waals surface area contributed by atoms with Gasteiger partial charge in [-0.05, 0) is 70.6 Å². The molecule has 1 N–H and O–H groups in total. The van der Waals surface area contributed by atoms with Crippen molar-refractivity contribution in [3.8, 4) is 28.4 Å². The van der Waals surface area contributed by atoms with Gasteiger partial charge in [0.25, 0.3) is 0 Å². The van der Waals surface area contributed by atoms with E-state index in [1.807, 2.05) is 40.0 Å². The molecule has 0 unspecified atom stereocenters. The second-order valence-electron chi connectivity index (χ2n) is 9.11. The van der Waals surface area contributed by atoms with Crippen LogP contribution >= 0.6 is 11.6 Å². The second-order valence-corrected chi connectivity index (χ2v) is 9.51. The van der Waals surface area contributed by atoms with Crippen LogP contribution in [-0.4, -0.2) is 40.3 Å². The first-order valence-electron chi connectivity index (χ1n) is 12.1. The van der Waals surface area contributed by atoms with Crippen molar-refractivity contribution in [1.29, 1.82) is 0 Å². The number of nitrogens with zero attached hydrogens (tertiary/aromatic N) is 5. The fraction of sp³-hybridized carbons (Fsp3) is 0.333. The topological polar surface area (TPSA) is 89.2 Å². The maximum atomic E-state index is 13.9. The zero-order valence-electron chi connectivity index (χ0n) is 21.2. The van der Waals surface area contributed by atoms with Crippen LogP contribution in [-0.2, 0) is 13.1 Å². The maximum absolute atomic E-state index is 13.9. The number of benzene rings is 1. The number of fused-ring (bicyclic) bond motifs is 1. The number of aryl methyl sites for hydroxylation is 2. The summed E-state index contributed by atoms with van der Waals surface area (Å²) in [5.41, 5.74) is 5.45. The molecule has 1 aromatic carbocycles. The van der Waals surface area contributed by atoms with Gasteiger partial charge in [-0.3, -0.25) is 4.98 Å². The highest BCUT2D eigenvalue weighted by atomic mass is 35.5. The molecule has 0 saturated heterocycles. The van der Waals surface area contributed by atoms with E-state index in [9.17, 15) is 4.39 Å². The molecular formula is C27H28ClFN6O2. The number of aromatic nitrogens is 4. The van der Waals surface area contributed by atoms with Crippen LogP contribution in [0.25, 0.3) is 22.6 Å². The van der Waals surface area contributed by atoms with Crippen molar-refractivity contribution in [1.82, 2.24) is 25.4 Å². The highest BCUT2D eigenvalue weighted by molar-refractivity contribution is 6.33. The van der Waals surface area contributed by atoms with E-state index < -0.39 is 0 Å². The van der Waals surface area contributed by atoms with Gasteiger partial charge in [0.1, 0.15) is 23.1 Å². The lowest BCUT2D eigenvalue weighted by atomic mass is 10.0. The largest absolute Gasteiger partial charge is 0.494 e. The first kappa shape index (κ1) is 25.1. The smallest absolute Gasteiger partial charge is 0.163 e. The van der Waals surface area contributed by atoms with Crippen molar-refractivity contribution in [2.24, 2.45) is 0 Å². The quantitative estimate of drug-likeness (QED) is 0.307. The van der Waals surface area contributed by atoms with Crippen LogP contribution in [0.3, 0.4) is 0 Å². The van der Waals surface area contributed by atoms with Crippen LogP contribution in [0.2, 0.25) is 5.02 Å². The summed E-state index contributed by atoms with van der Waals surface area (Å²) in [6.45, 7) is 8.15. The van der Waals surface area contributed by atoms with Crippen molar-refractivity contribution in [2.45, 2.75) is 40.3 Å². The summed E-state index contributed by atoms with van der Waals surface area (Å²) in [6, 6.07) is 7.03. The number of pyridine rings is 1. The van der Waals surface area contributed by atoms with E-state index in [1.54, 1.807) is 6.07 Å². The van der Waals surface area contributed by atoms with E-state index in [2.05, 4.69) is 20.4 Å². The summed E-state index contributed by atoms with van der Waals surface area (Å²) < 4.78 is 25.3. The van der Waals surface area contributed by atoms with E-state index in [4.69, 9.17) is 30.8 Å². The van der Waals surface area contributed by atoms with Gasteiger partial charge in [0.05, 0.1) is 47.0 Å². The van der Waals surface area contributed by atoms with E-state index in [1.165, 1.54) is 12.3 Å². The van der Waals surface area contributed by atoms with Crippen LogP contribution in [0.5, 0.6) is 5.75 Å². The summed E-state index contributed by atoms with van der Waals surface area (Å²) in [6.07, 6.45) is 2.12. The Labute approximate surface area is 219 Å². The minimum atomic E-state index is -0.351. The third-order valence-corrected chi connectivity index (χ3v) is 6.77. The average Bonchev–Trinajstić information content (AvgIpc) is 3.45. The van der Waals surface area contributed by atoms with E-state index in [-0.39, 0.29) is 5.82 Å². The van der Waals surface area contributed by atoms with Gasteiger partial charge in [0.2, 0.25) is 0 Å². The van der Waals surface area contributed by atoms with Gasteiger partial charge in [0.15, 0.2) is 5.82 Å². The number of ether oxygens (including phenoxy) is 1. The van der Waals surface area contributed by atoms with Gasteiger partial charge in [-0.2, -0.15) is 0 Å². The summed E-state index contributed by atoms with van der Waals surface area (Å²) in [7, 11) is 1.91. The van der Waals surface area contributed by atoms with Crippen LogP contribution in [0.15, 0.2) is 35.0 Å². The Hall–Kier alpha value is -3.56. The van der Waals surface area contributed by atoms with Gasteiger partial charge in [-0.25, -0.2) is 14.4 Å². The molecule has 0 aliphatic carbocycles. The summed E-state index contributed by atoms with van der Waals surface area (Å²) in [5.74, 6) is 2.17. The highest BCUT2D eigenvalue weighted by Crippen LogP contribution is 2.38. The molecule has 0 spiro atoms. The Morgan fingerprint density at radius 1 is 1.16 bits per heavy atom. The molecule has 4 aromatic rings. The van der Waals surface area contributed by atoms with Crippen molar-refractivity contribution in [2.75, 3.05) is 25.1 Å². The zero-order chi connectivity index (χ0) is 26.1. The summed E-state index contributed by atoms with van der Waals surface area (Å²) in [5, 5.41) is 7.76. The van der Waals surface area contributed by atoms with Gasteiger partial charge in [0, 0.05) is 17.7 Å². The number of rotatable bonds is 8. The Morgan fingerprint density at radius 3 is 2.76 bits per heavy atom. The molecule has 192 valence electrons. The van der Waals surface area contributed by atoms with Crippen molar-refractivity contribution >= 4 is 17.4 Å². The number of hydrogen-bond donors (Lipinski definition) is 1. The normalized spacial score (nSPS) is 12.8. The van der Waals surface area contributed by atoms with Gasteiger partial charge in [-0.15, -0.1) is 0 Å². The van der Waals surface area contributed by atoms with Crippen LogP contribution in [0.1, 0.15) is 34.7 Å². The molecule has 37 heavy (non-hydrogen) atoms. The molecule has 0 amide bonds. The fourth-order valence-corrected chi connectivity index (χ4v) is 4.79. The van der Waals surface area contributed by atoms with E-state index in [0.29, 0.717) is 53.3 Å². The van der Waals surface area contributed by atoms with Gasteiger partial charge < -0.3 is 19.5 Å². The predicted octanol–water partition coefficient (Wildman–Crippen LogP) is 5.42. The Bertz CT molecular complexity index is 1440. The molecule has 0 radical (unpaired) electrons. The van der Waals surface area contributed by atoms with Crippen molar-refractivity contribution < 1.29 is 13.7 Å². The summed E-state index contributed by atoms with van der Waals surface area (Å²) in [4.78, 5) is 16.3. The molecule has 3 aromatic heterocycles. The SMILES string of the molecule is CNCCCOc1ccc(Cl)c(-c2nc(-c3c(C)noc3C)c(C)c(N3Cc4cc(F)cnc4C3)n2)c1. The van der Waals surface area contributed by atoms with Crippen molar-refractivity contribution in [3.05, 3.63) is 69.6 Å². The van der Waals surface area contributed by atoms with E-state index in [0.717, 1.165) is 46.9 Å². The lowest BCUT2D eigenvalue weighted by Gasteiger charge is -2.21. The number of hydrogen-bond acceptors (Lipinski definition) is 8. The predicted molar refractivity (Wildman–Crippen MR) is 140 cm³/mol. The fourth-order valence-electron chi connectivity index (χ4n) is 4.58. The Morgan fingerprint density at radius 2 is 2.00 bits per heavy atom. The van der Waals surface area contributed by atoms with Crippen LogP contribution < -0.4 is 15.0 Å². The third kappa shape index (κ3) is 5.01. The molecule has 0 fully saturated rings. The minimum Gasteiger partial charge on any atom is -0.494 e. The molecule has 1 aliphatic rings. The highest BCUT2D eigenvalue weighted by Gasteiger charge is 2.28. The molecule has 0 bridgehead atoms. The van der Waals surface area contributed by atoms with Crippen LogP contribution in [0.4, 0.5) is 10.2 Å². The molecule has 4 heterocycles. The first-order chi connectivity index (χ1) is 17.9. The first-order valence-corrected chi connectivity index (χ1v) is 12.5. The van der Waals surface area contributed by atoms with Gasteiger partial charge in [-0.1, -0.05) is 16.8 Å². The second kappa shape index (κ2) is 10.4. The maximum Gasteiger partial charge on any atom is 0.163 e. The standard InChI is InChI=1S/C27H28ClFN6O2/c1-15-25(24-16(2)34-37-17(24)3)32-26(21-11-20(6-7-22(21)28)36-9-5-8-30-4)33-27(15)35-13-18-10-19(29)12-31-23(18)14-35/h6-7,10-12,30H,5,8-9,13-14H2,1-4H3. The lowest BCUT2D eigenvalue weighted by Crippen LogP contribution is -2.19. The molecule has 1 aliphatic heterocycles. The molecule has 5 rings (SSSR count). The third-order valence-electron chi connectivity index (χ3n) is 6.44. The number of anilines is 1. The molecular weight excluding hydrogens is 495 g/mol. The molecule has 10 heteroatoms. The minimum absolute atomic E-state index is 0.351. The number of halogens is 2. The molecule has 8 nitrogen and oxygen atoms in total. The lowest BCUT2D eigenvalue weighted by molar-refractivity contribution is 0.310. The number of nitrogens with one attached hydrogen (secondary N) is 1. The summed E-state index contributed by atoms with van der Waals surface area (Å²) >= 11 is 6.65.